The van der Waals surface area contributed by atoms with Crippen LogP contribution in [0.1, 0.15) is 271 Å². The van der Waals surface area contributed by atoms with Crippen molar-refractivity contribution >= 4 is 17.9 Å². The monoisotopic (exact) mass is 921 g/mol. The van der Waals surface area contributed by atoms with E-state index in [1.165, 1.54) is 141 Å². The Balaban J connectivity index is 4.46. The molecule has 1 unspecified atom stereocenters. The van der Waals surface area contributed by atoms with Gasteiger partial charge in [0.15, 0.2) is 6.10 Å². The average molecular weight is 921 g/mol. The molecule has 0 rings (SSSR count). The Morgan fingerprint density at radius 3 is 1.05 bits per heavy atom. The molecule has 6 heteroatoms. The summed E-state index contributed by atoms with van der Waals surface area (Å²) in [6, 6.07) is 0. The van der Waals surface area contributed by atoms with Crippen LogP contribution in [0.4, 0.5) is 0 Å². The Morgan fingerprint density at radius 1 is 0.318 bits per heavy atom. The fourth-order valence-electron chi connectivity index (χ4n) is 7.69. The van der Waals surface area contributed by atoms with Crippen LogP contribution in [0.25, 0.3) is 0 Å². The number of rotatable bonds is 50. The Hall–Kier alpha value is -3.15. The van der Waals surface area contributed by atoms with Crippen LogP contribution < -0.4 is 0 Å². The third-order valence-electron chi connectivity index (χ3n) is 11.9. The summed E-state index contributed by atoms with van der Waals surface area (Å²) in [4.78, 5) is 38.0. The highest BCUT2D eigenvalue weighted by atomic mass is 16.6. The first-order chi connectivity index (χ1) is 32.5. The van der Waals surface area contributed by atoms with E-state index in [1.807, 2.05) is 6.08 Å². The molecule has 0 spiro atoms. The van der Waals surface area contributed by atoms with Crippen LogP contribution in [0.2, 0.25) is 0 Å². The molecule has 0 radical (unpaired) electrons. The number of carbonyl (C=O) groups is 3. The molecular formula is C60H104O6. The first-order valence-electron chi connectivity index (χ1n) is 28.0. The summed E-state index contributed by atoms with van der Waals surface area (Å²) in [5.41, 5.74) is 0. The van der Waals surface area contributed by atoms with Crippen LogP contribution in [-0.2, 0) is 28.6 Å². The minimum atomic E-state index is -0.809. The molecule has 1 atom stereocenters. The molecule has 0 aliphatic heterocycles. The van der Waals surface area contributed by atoms with Crippen LogP contribution in [0.3, 0.4) is 0 Å². The minimum absolute atomic E-state index is 0.104. The summed E-state index contributed by atoms with van der Waals surface area (Å²) in [6.45, 7) is 6.54. The van der Waals surface area contributed by atoms with E-state index in [0.29, 0.717) is 19.3 Å². The number of unbranched alkanes of at least 4 members (excludes halogenated alkanes) is 28. The summed E-state index contributed by atoms with van der Waals surface area (Å²) >= 11 is 0. The van der Waals surface area contributed by atoms with E-state index in [2.05, 4.69) is 87.6 Å². The first kappa shape index (κ1) is 62.8. The van der Waals surface area contributed by atoms with E-state index in [0.717, 1.165) is 83.5 Å². The quantitative estimate of drug-likeness (QED) is 0.0199. The van der Waals surface area contributed by atoms with Crippen LogP contribution in [0.5, 0.6) is 0 Å². The van der Waals surface area contributed by atoms with Gasteiger partial charge in [-0.3, -0.25) is 14.4 Å². The molecule has 0 aromatic carbocycles. The number of carbonyl (C=O) groups excluding carboxylic acids is 3. The number of allylic oxidation sites excluding steroid dienone is 12. The van der Waals surface area contributed by atoms with Crippen LogP contribution in [-0.4, -0.2) is 37.2 Å². The van der Waals surface area contributed by atoms with E-state index >= 15 is 0 Å². The third kappa shape index (κ3) is 51.8. The highest BCUT2D eigenvalue weighted by molar-refractivity contribution is 5.71. The molecule has 66 heavy (non-hydrogen) atoms. The second-order valence-electron chi connectivity index (χ2n) is 18.5. The summed E-state index contributed by atoms with van der Waals surface area (Å²) in [7, 11) is 0. The second-order valence-corrected chi connectivity index (χ2v) is 18.5. The number of ether oxygens (including phenoxy) is 3. The van der Waals surface area contributed by atoms with Gasteiger partial charge in [-0.15, -0.1) is 0 Å². The molecular weight excluding hydrogens is 817 g/mol. The predicted octanol–water partition coefficient (Wildman–Crippen LogP) is 18.6. The molecule has 0 saturated carbocycles. The Morgan fingerprint density at radius 2 is 0.621 bits per heavy atom. The van der Waals surface area contributed by atoms with Gasteiger partial charge in [-0.1, -0.05) is 229 Å². The van der Waals surface area contributed by atoms with Crippen molar-refractivity contribution in [2.24, 2.45) is 0 Å². The van der Waals surface area contributed by atoms with Gasteiger partial charge in [0.25, 0.3) is 0 Å². The van der Waals surface area contributed by atoms with Gasteiger partial charge in [-0.05, 0) is 96.3 Å². The molecule has 0 aliphatic rings. The fourth-order valence-corrected chi connectivity index (χ4v) is 7.69. The summed E-state index contributed by atoms with van der Waals surface area (Å²) < 4.78 is 16.8. The van der Waals surface area contributed by atoms with Gasteiger partial charge in [-0.25, -0.2) is 0 Å². The fraction of sp³-hybridized carbons (Fsp3) is 0.750. The standard InChI is InChI=1S/C60H104O6/c1-4-7-10-13-16-19-22-25-27-29-31-32-35-38-41-44-47-50-53-59(62)65-56-57(55-64-58(61)52-49-46-43-40-37-34-24-21-18-15-12-9-6-3)66-60(63)54-51-48-45-42-39-36-33-30-28-26-23-20-17-14-11-8-5-2/h17,20,26-29,31-32,34,37,43,46,57H,4-16,18-19,21-25,30,33,35-36,38-42,44-45,47-56H2,1-3H3/b20-17+,28-26+,29-27+,32-31+,37-34+,46-43+. The Labute approximate surface area is 408 Å². The zero-order chi connectivity index (χ0) is 47.9. The van der Waals surface area contributed by atoms with Crippen molar-refractivity contribution in [1.82, 2.24) is 0 Å². The maximum atomic E-state index is 12.8. The van der Waals surface area contributed by atoms with Crippen molar-refractivity contribution < 1.29 is 28.6 Å². The van der Waals surface area contributed by atoms with Gasteiger partial charge in [0.2, 0.25) is 0 Å². The molecule has 0 amide bonds. The smallest absolute Gasteiger partial charge is 0.306 e. The molecule has 0 N–H and O–H groups in total. The van der Waals surface area contributed by atoms with Crippen LogP contribution in [0.15, 0.2) is 72.9 Å². The first-order valence-corrected chi connectivity index (χ1v) is 28.0. The number of esters is 3. The lowest BCUT2D eigenvalue weighted by Crippen LogP contribution is -2.30. The van der Waals surface area contributed by atoms with Crippen LogP contribution >= 0.6 is 0 Å². The lowest BCUT2D eigenvalue weighted by Gasteiger charge is -2.18. The van der Waals surface area contributed by atoms with E-state index in [-0.39, 0.29) is 37.5 Å². The predicted molar refractivity (Wildman–Crippen MR) is 284 cm³/mol. The van der Waals surface area contributed by atoms with Crippen molar-refractivity contribution in [3.63, 3.8) is 0 Å². The topological polar surface area (TPSA) is 78.9 Å². The molecule has 0 aromatic rings. The molecule has 0 heterocycles. The van der Waals surface area contributed by atoms with Crippen molar-refractivity contribution in [3.8, 4) is 0 Å². The minimum Gasteiger partial charge on any atom is -0.462 e. The molecule has 0 saturated heterocycles. The molecule has 0 bridgehead atoms. The van der Waals surface area contributed by atoms with Gasteiger partial charge in [0.1, 0.15) is 13.2 Å². The molecule has 0 aromatic heterocycles. The lowest BCUT2D eigenvalue weighted by molar-refractivity contribution is -0.166. The van der Waals surface area contributed by atoms with Crippen molar-refractivity contribution in [2.45, 2.75) is 277 Å². The zero-order valence-corrected chi connectivity index (χ0v) is 43.4. The van der Waals surface area contributed by atoms with Gasteiger partial charge in [0.05, 0.1) is 0 Å². The Bertz CT molecular complexity index is 1240. The zero-order valence-electron chi connectivity index (χ0n) is 43.4. The summed E-state index contributed by atoms with van der Waals surface area (Å²) in [5.74, 6) is -0.990. The van der Waals surface area contributed by atoms with E-state index < -0.39 is 6.10 Å². The largest absolute Gasteiger partial charge is 0.462 e. The van der Waals surface area contributed by atoms with Crippen LogP contribution in [0, 0.1) is 0 Å². The normalized spacial score (nSPS) is 12.6. The van der Waals surface area contributed by atoms with Crippen molar-refractivity contribution in [3.05, 3.63) is 72.9 Å². The molecule has 0 fully saturated rings. The summed E-state index contributed by atoms with van der Waals surface area (Å²) in [5, 5.41) is 0. The average Bonchev–Trinajstić information content (AvgIpc) is 3.31. The second kappa shape index (κ2) is 54.5. The summed E-state index contributed by atoms with van der Waals surface area (Å²) in [6.07, 6.45) is 69.0. The number of hydrogen-bond acceptors (Lipinski definition) is 6. The molecule has 0 aliphatic carbocycles. The van der Waals surface area contributed by atoms with Gasteiger partial charge in [-0.2, -0.15) is 0 Å². The number of hydrogen-bond donors (Lipinski definition) is 0. The van der Waals surface area contributed by atoms with E-state index in [1.54, 1.807) is 0 Å². The van der Waals surface area contributed by atoms with Gasteiger partial charge < -0.3 is 14.2 Å². The van der Waals surface area contributed by atoms with E-state index in [9.17, 15) is 14.4 Å². The maximum absolute atomic E-state index is 12.8. The SMILES string of the molecule is CCCCC/C=C/C/C=C/CCCCCCCCCC(=O)OC(COC(=O)CC/C=C/C/C=C/CCCCCCCC)COC(=O)CCCCCCC/C=C/C=C/CCCCCCCCC. The Kier molecular flexibility index (Phi) is 51.9. The third-order valence-corrected chi connectivity index (χ3v) is 11.9. The lowest BCUT2D eigenvalue weighted by atomic mass is 10.1. The highest BCUT2D eigenvalue weighted by Crippen LogP contribution is 2.14. The van der Waals surface area contributed by atoms with Gasteiger partial charge in [0, 0.05) is 19.3 Å². The highest BCUT2D eigenvalue weighted by Gasteiger charge is 2.19. The molecule has 6 nitrogen and oxygen atoms in total. The van der Waals surface area contributed by atoms with Crippen molar-refractivity contribution in [1.29, 1.82) is 0 Å². The maximum Gasteiger partial charge on any atom is 0.306 e. The van der Waals surface area contributed by atoms with E-state index in [4.69, 9.17) is 14.2 Å². The molecule has 380 valence electrons. The van der Waals surface area contributed by atoms with Gasteiger partial charge >= 0.3 is 17.9 Å². The van der Waals surface area contributed by atoms with Crippen molar-refractivity contribution in [2.75, 3.05) is 13.2 Å².